The summed E-state index contributed by atoms with van der Waals surface area (Å²) < 4.78 is 0. The van der Waals surface area contributed by atoms with Gasteiger partial charge in [-0.05, 0) is 70.1 Å². The quantitative estimate of drug-likeness (QED) is 0.323. The van der Waals surface area contributed by atoms with Gasteiger partial charge in [0, 0.05) is 45.6 Å². The summed E-state index contributed by atoms with van der Waals surface area (Å²) in [5, 5.41) is 5.71. The van der Waals surface area contributed by atoms with Crippen LogP contribution in [-0.4, -0.2) is 66.9 Å². The van der Waals surface area contributed by atoms with Crippen molar-refractivity contribution >= 4 is 11.8 Å². The van der Waals surface area contributed by atoms with Crippen LogP contribution in [0.2, 0.25) is 0 Å². The Hall–Kier alpha value is -3.14. The molecule has 230 valence electrons. The number of allylic oxidation sites excluding steroid dienone is 4. The number of nitrogens with one attached hydrogen (secondary N) is 2. The molecule has 0 saturated carbocycles. The van der Waals surface area contributed by atoms with Crippen molar-refractivity contribution in [2.24, 2.45) is 11.8 Å². The number of piperazine rings is 1. The van der Waals surface area contributed by atoms with E-state index in [-0.39, 0.29) is 23.9 Å². The highest BCUT2D eigenvalue weighted by molar-refractivity contribution is 5.81. The third kappa shape index (κ3) is 11.6. The second-order valence-corrected chi connectivity index (χ2v) is 12.1. The smallest absolute Gasteiger partial charge is 0.236 e. The number of likely N-dealkylation sites (N-methyl/N-ethyl adjacent to an activating group) is 1. The number of hydrogen-bond donors (Lipinski definition) is 2. The monoisotopic (exact) mass is 574 g/mol. The molecule has 1 aromatic rings. The number of amides is 2. The maximum Gasteiger partial charge on any atom is 0.236 e. The highest BCUT2D eigenvalue weighted by Gasteiger charge is 2.29. The minimum Gasteiger partial charge on any atom is -0.354 e. The molecule has 2 aliphatic carbocycles. The van der Waals surface area contributed by atoms with Crippen LogP contribution in [0, 0.1) is 24.2 Å². The summed E-state index contributed by atoms with van der Waals surface area (Å²) in [6, 6.07) is 10.5. The van der Waals surface area contributed by atoms with Crippen LogP contribution in [0.25, 0.3) is 0 Å². The molecule has 0 bridgehead atoms. The second-order valence-electron chi connectivity index (χ2n) is 12.1. The number of carbonyl (C=O) groups excluding carboxylic acids is 2. The van der Waals surface area contributed by atoms with Gasteiger partial charge in [-0.3, -0.25) is 14.5 Å². The van der Waals surface area contributed by atoms with Crippen LogP contribution in [0.5, 0.6) is 0 Å². The molecule has 3 atom stereocenters. The molecule has 1 aromatic carbocycles. The van der Waals surface area contributed by atoms with Gasteiger partial charge in [-0.1, -0.05) is 80.0 Å². The summed E-state index contributed by atoms with van der Waals surface area (Å²) in [5.41, 5.74) is 5.48. The summed E-state index contributed by atoms with van der Waals surface area (Å²) in [4.78, 5) is 27.1. The van der Waals surface area contributed by atoms with Gasteiger partial charge >= 0.3 is 0 Å². The largest absolute Gasteiger partial charge is 0.354 e. The third-order valence-corrected chi connectivity index (χ3v) is 8.06. The third-order valence-electron chi connectivity index (χ3n) is 8.06. The summed E-state index contributed by atoms with van der Waals surface area (Å²) in [5.74, 6) is 4.05. The average molecular weight is 575 g/mol. The maximum absolute atomic E-state index is 11.6. The van der Waals surface area contributed by atoms with E-state index in [9.17, 15) is 9.59 Å². The summed E-state index contributed by atoms with van der Waals surface area (Å²) in [7, 11) is 1.78. The number of rotatable bonds is 7. The minimum atomic E-state index is -0.0891. The van der Waals surface area contributed by atoms with E-state index < -0.39 is 0 Å². The molecule has 6 heteroatoms. The van der Waals surface area contributed by atoms with Crippen molar-refractivity contribution in [1.82, 2.24) is 20.4 Å². The zero-order valence-electron chi connectivity index (χ0n) is 26.9. The van der Waals surface area contributed by atoms with Gasteiger partial charge in [0.25, 0.3) is 0 Å². The van der Waals surface area contributed by atoms with Crippen molar-refractivity contribution < 1.29 is 9.59 Å². The number of nitrogens with zero attached hydrogens (tertiary/aromatic N) is 2. The van der Waals surface area contributed by atoms with Gasteiger partial charge in [0.05, 0.1) is 12.1 Å². The standard InChI is InChI=1S/C16H22N2O.C12H14.C8H18N2O/c1-13(2)16-12-17(9-10-18(16)14(3)19)11-15-7-5-4-6-8-15;1-2-10-7-5-8-11-6-3-4-9-12(10)11;1-6(2)5-10-8(11)7(3)9-4/h4-8,16H,1,9-12H2,2-3H3;1,4,9-10H,3,5-8H2;6-7,9H,5H2,1-4H3,(H,10,11)/t16-;;7-/m0.0/s1. The molecular weight excluding hydrogens is 520 g/mol. The second kappa shape index (κ2) is 18.4. The van der Waals surface area contributed by atoms with E-state index >= 15 is 0 Å². The van der Waals surface area contributed by atoms with Gasteiger partial charge < -0.3 is 15.5 Å². The van der Waals surface area contributed by atoms with E-state index in [4.69, 9.17) is 6.42 Å². The van der Waals surface area contributed by atoms with Crippen LogP contribution in [0.3, 0.4) is 0 Å². The van der Waals surface area contributed by atoms with Crippen molar-refractivity contribution in [3.63, 3.8) is 0 Å². The molecule has 0 aromatic heterocycles. The van der Waals surface area contributed by atoms with Crippen LogP contribution >= 0.6 is 0 Å². The van der Waals surface area contributed by atoms with Crippen molar-refractivity contribution in [3.8, 4) is 12.3 Å². The lowest BCUT2D eigenvalue weighted by Crippen LogP contribution is -2.54. The van der Waals surface area contributed by atoms with Crippen LogP contribution in [0.15, 0.2) is 65.8 Å². The highest BCUT2D eigenvalue weighted by atomic mass is 16.2. The molecule has 1 saturated heterocycles. The molecular formula is C36H54N4O2. The van der Waals surface area contributed by atoms with Gasteiger partial charge in [-0.2, -0.15) is 0 Å². The topological polar surface area (TPSA) is 64.7 Å². The fourth-order valence-corrected chi connectivity index (χ4v) is 5.42. The average Bonchev–Trinajstić information content (AvgIpc) is 3.00. The molecule has 1 heterocycles. The molecule has 2 N–H and O–H groups in total. The van der Waals surface area contributed by atoms with Gasteiger partial charge in [-0.25, -0.2) is 0 Å². The van der Waals surface area contributed by atoms with Crippen LogP contribution in [-0.2, 0) is 16.1 Å². The Balaban J connectivity index is 0.000000233. The highest BCUT2D eigenvalue weighted by Crippen LogP contribution is 2.35. The van der Waals surface area contributed by atoms with E-state index in [0.29, 0.717) is 11.8 Å². The molecule has 1 aliphatic heterocycles. The minimum absolute atomic E-state index is 0.0706. The van der Waals surface area contributed by atoms with E-state index in [1.807, 2.05) is 24.8 Å². The van der Waals surface area contributed by atoms with E-state index in [1.165, 1.54) is 43.2 Å². The maximum atomic E-state index is 11.6. The van der Waals surface area contributed by atoms with Crippen LogP contribution < -0.4 is 10.6 Å². The first-order valence-electron chi connectivity index (χ1n) is 15.6. The SMILES string of the molecule is C#CC1CCCC2=C1C=CCC2.C=C(C)[C@@H]1CN(Cc2ccccc2)CCN1C(C)=O.CN[C@@H](C)C(=O)NCC(C)C. The number of carbonyl (C=O) groups is 2. The van der Waals surface area contributed by atoms with Gasteiger partial charge in [0.2, 0.25) is 11.8 Å². The molecule has 2 amide bonds. The number of terminal acetylenes is 1. The van der Waals surface area contributed by atoms with E-state index in [2.05, 4.69) is 78.3 Å². The predicted molar refractivity (Wildman–Crippen MR) is 176 cm³/mol. The first kappa shape index (κ1) is 35.1. The Kier molecular flexibility index (Phi) is 15.4. The molecule has 1 unspecified atom stereocenters. The Morgan fingerprint density at radius 2 is 1.83 bits per heavy atom. The molecule has 1 fully saturated rings. The number of hydrogen-bond acceptors (Lipinski definition) is 4. The number of benzene rings is 1. The molecule has 3 aliphatic rings. The van der Waals surface area contributed by atoms with Gasteiger partial charge in [0.1, 0.15) is 0 Å². The summed E-state index contributed by atoms with van der Waals surface area (Å²) in [6.45, 7) is 18.0. The Morgan fingerprint density at radius 1 is 1.12 bits per heavy atom. The molecule has 6 nitrogen and oxygen atoms in total. The van der Waals surface area contributed by atoms with Gasteiger partial charge in [-0.15, -0.1) is 6.42 Å². The van der Waals surface area contributed by atoms with E-state index in [1.54, 1.807) is 19.5 Å². The van der Waals surface area contributed by atoms with Crippen LogP contribution in [0.4, 0.5) is 0 Å². The van der Waals surface area contributed by atoms with Crippen LogP contribution in [0.1, 0.15) is 72.3 Å². The Bertz CT molecular complexity index is 1110. The lowest BCUT2D eigenvalue weighted by molar-refractivity contribution is -0.132. The lowest BCUT2D eigenvalue weighted by atomic mass is 9.79. The fraction of sp³-hybridized carbons (Fsp3) is 0.556. The van der Waals surface area contributed by atoms with Crippen molar-refractivity contribution in [2.75, 3.05) is 33.2 Å². The Morgan fingerprint density at radius 3 is 2.43 bits per heavy atom. The lowest BCUT2D eigenvalue weighted by Gasteiger charge is -2.41. The predicted octanol–water partition coefficient (Wildman–Crippen LogP) is 5.73. The van der Waals surface area contributed by atoms with Crippen molar-refractivity contribution in [1.29, 1.82) is 0 Å². The first-order valence-corrected chi connectivity index (χ1v) is 15.6. The van der Waals surface area contributed by atoms with Crippen molar-refractivity contribution in [2.45, 2.75) is 85.4 Å². The Labute approximate surface area is 255 Å². The zero-order chi connectivity index (χ0) is 31.1. The van der Waals surface area contributed by atoms with Gasteiger partial charge in [0.15, 0.2) is 0 Å². The molecule has 42 heavy (non-hydrogen) atoms. The summed E-state index contributed by atoms with van der Waals surface area (Å²) in [6.07, 6.45) is 16.3. The molecule has 0 radical (unpaired) electrons. The van der Waals surface area contributed by atoms with E-state index in [0.717, 1.165) is 38.3 Å². The fourth-order valence-electron chi connectivity index (χ4n) is 5.42. The molecule has 4 rings (SSSR count). The summed E-state index contributed by atoms with van der Waals surface area (Å²) >= 11 is 0. The van der Waals surface area contributed by atoms with Crippen molar-refractivity contribution in [3.05, 3.63) is 71.3 Å². The normalized spacial score (nSPS) is 20.7. The first-order chi connectivity index (χ1) is 20.1. The molecule has 0 spiro atoms. The zero-order valence-corrected chi connectivity index (χ0v) is 26.9.